The number of hydrogen-bond donors (Lipinski definition) is 0. The topological polar surface area (TPSA) is 110 Å². The van der Waals surface area contributed by atoms with Gasteiger partial charge in [0.2, 0.25) is 5.91 Å². The van der Waals surface area contributed by atoms with Gasteiger partial charge in [-0.2, -0.15) is 13.2 Å². The van der Waals surface area contributed by atoms with E-state index in [2.05, 4.69) is 0 Å². The molecule has 9 nitrogen and oxygen atoms in total. The monoisotopic (exact) mass is 484 g/mol. The van der Waals surface area contributed by atoms with E-state index in [1.165, 1.54) is 15.9 Å². The highest BCUT2D eigenvalue weighted by atomic mass is 35.5. The summed E-state index contributed by atoms with van der Waals surface area (Å²) in [4.78, 5) is 35.8. The Labute approximate surface area is 189 Å². The zero-order valence-electron chi connectivity index (χ0n) is 16.8. The zero-order valence-corrected chi connectivity index (χ0v) is 17.5. The second-order valence-corrected chi connectivity index (χ2v) is 7.51. The number of nitro benzene ring substituents is 2. The van der Waals surface area contributed by atoms with Crippen LogP contribution in [0.25, 0.3) is 6.08 Å². The number of hydrogen-bond acceptors (Lipinski definition) is 6. The number of nitro groups is 2. The number of nitrogens with zero attached hydrogens (tertiary/aromatic N) is 4. The van der Waals surface area contributed by atoms with Gasteiger partial charge in [0.05, 0.1) is 15.4 Å². The lowest BCUT2D eigenvalue weighted by Crippen LogP contribution is -2.48. The Morgan fingerprint density at radius 3 is 1.94 bits per heavy atom. The van der Waals surface area contributed by atoms with Gasteiger partial charge in [-0.15, -0.1) is 0 Å². The summed E-state index contributed by atoms with van der Waals surface area (Å²) >= 11 is 5.81. The largest absolute Gasteiger partial charge is 0.416 e. The summed E-state index contributed by atoms with van der Waals surface area (Å²) in [7, 11) is 0. The summed E-state index contributed by atoms with van der Waals surface area (Å²) in [6.07, 6.45) is -2.08. The number of carbonyl (C=O) groups is 1. The van der Waals surface area contributed by atoms with Crippen LogP contribution in [-0.2, 0) is 11.0 Å². The molecular formula is C20H16ClF3N4O5. The number of alkyl halides is 3. The molecule has 2 aromatic carbocycles. The minimum atomic E-state index is -4.99. The summed E-state index contributed by atoms with van der Waals surface area (Å²) in [6, 6.07) is 7.33. The van der Waals surface area contributed by atoms with Gasteiger partial charge >= 0.3 is 6.18 Å². The Hall–Kier alpha value is -3.67. The van der Waals surface area contributed by atoms with E-state index in [1.807, 2.05) is 0 Å². The molecular weight excluding hydrogens is 469 g/mol. The fraction of sp³-hybridized carbons (Fsp3) is 0.250. The standard InChI is InChI=1S/C20H16ClF3N4O5/c21-15-4-1-13(2-5-15)3-6-18(29)25-7-9-26(10-8-25)19-16(27(30)31)11-14(20(22,23)24)12-17(19)28(32)33/h1-6,11-12H,7-10H2. The van der Waals surface area contributed by atoms with Gasteiger partial charge < -0.3 is 9.80 Å². The van der Waals surface area contributed by atoms with Crippen LogP contribution in [0.15, 0.2) is 42.5 Å². The number of amides is 1. The first-order valence-corrected chi connectivity index (χ1v) is 9.86. The second-order valence-electron chi connectivity index (χ2n) is 7.07. The van der Waals surface area contributed by atoms with Crippen LogP contribution < -0.4 is 4.90 Å². The van der Waals surface area contributed by atoms with Gasteiger partial charge in [0.1, 0.15) is 0 Å². The molecule has 1 heterocycles. The Balaban J connectivity index is 1.81. The number of benzene rings is 2. The van der Waals surface area contributed by atoms with Crippen molar-refractivity contribution in [2.24, 2.45) is 0 Å². The number of anilines is 1. The molecule has 0 N–H and O–H groups in total. The van der Waals surface area contributed by atoms with Crippen molar-refractivity contribution in [3.8, 4) is 0 Å². The molecule has 0 spiro atoms. The third kappa shape index (κ3) is 5.58. The molecule has 0 aliphatic carbocycles. The molecule has 2 aromatic rings. The average molecular weight is 485 g/mol. The van der Waals surface area contributed by atoms with E-state index in [4.69, 9.17) is 11.6 Å². The van der Waals surface area contributed by atoms with Crippen LogP contribution >= 0.6 is 11.6 Å². The Morgan fingerprint density at radius 1 is 0.970 bits per heavy atom. The number of halogens is 4. The third-order valence-electron chi connectivity index (χ3n) is 4.99. The summed E-state index contributed by atoms with van der Waals surface area (Å²) in [5.41, 5.74) is -3.28. The van der Waals surface area contributed by atoms with E-state index < -0.39 is 38.6 Å². The number of piperazine rings is 1. The van der Waals surface area contributed by atoms with Crippen LogP contribution in [0.1, 0.15) is 11.1 Å². The van der Waals surface area contributed by atoms with Crippen molar-refractivity contribution in [2.45, 2.75) is 6.18 Å². The first-order chi connectivity index (χ1) is 15.5. The fourth-order valence-corrected chi connectivity index (χ4v) is 3.49. The van der Waals surface area contributed by atoms with Gasteiger partial charge in [-0.3, -0.25) is 25.0 Å². The molecule has 1 saturated heterocycles. The van der Waals surface area contributed by atoms with Gasteiger partial charge in [-0.05, 0) is 23.8 Å². The van der Waals surface area contributed by atoms with Crippen molar-refractivity contribution in [2.75, 3.05) is 31.1 Å². The fourth-order valence-electron chi connectivity index (χ4n) is 3.37. The predicted octanol–water partition coefficient (Wildman–Crippen LogP) is 4.54. The Kier molecular flexibility index (Phi) is 6.86. The average Bonchev–Trinajstić information content (AvgIpc) is 2.77. The summed E-state index contributed by atoms with van der Waals surface area (Å²) < 4.78 is 39.3. The van der Waals surface area contributed by atoms with Crippen molar-refractivity contribution < 1.29 is 27.8 Å². The van der Waals surface area contributed by atoms with E-state index in [9.17, 15) is 38.2 Å². The quantitative estimate of drug-likeness (QED) is 0.350. The number of rotatable bonds is 5. The molecule has 33 heavy (non-hydrogen) atoms. The minimum absolute atomic E-state index is 0.0342. The zero-order chi connectivity index (χ0) is 24.3. The van der Waals surface area contributed by atoms with Crippen molar-refractivity contribution in [1.82, 2.24) is 4.90 Å². The molecule has 0 atom stereocenters. The van der Waals surface area contributed by atoms with Crippen molar-refractivity contribution in [1.29, 1.82) is 0 Å². The van der Waals surface area contributed by atoms with Crippen molar-refractivity contribution in [3.63, 3.8) is 0 Å². The van der Waals surface area contributed by atoms with Crippen LogP contribution in [-0.4, -0.2) is 46.8 Å². The van der Waals surface area contributed by atoms with Crippen LogP contribution in [0.5, 0.6) is 0 Å². The molecule has 0 bridgehead atoms. The third-order valence-corrected chi connectivity index (χ3v) is 5.24. The predicted molar refractivity (Wildman–Crippen MR) is 114 cm³/mol. The molecule has 1 aliphatic heterocycles. The SMILES string of the molecule is O=C(C=Cc1ccc(Cl)cc1)N1CCN(c2c([N+](=O)[O-])cc(C(F)(F)F)cc2[N+](=O)[O-])CC1. The normalized spacial score (nSPS) is 14.5. The summed E-state index contributed by atoms with van der Waals surface area (Å²) in [5, 5.41) is 23.4. The van der Waals surface area contributed by atoms with Crippen LogP contribution in [0.2, 0.25) is 5.02 Å². The highest BCUT2D eigenvalue weighted by molar-refractivity contribution is 6.30. The summed E-state index contributed by atoms with van der Waals surface area (Å²) in [5.74, 6) is -0.346. The van der Waals surface area contributed by atoms with Gasteiger partial charge in [0, 0.05) is 49.4 Å². The maximum atomic E-state index is 13.1. The molecule has 1 fully saturated rings. The molecule has 1 amide bonds. The molecule has 174 valence electrons. The molecule has 3 rings (SSSR count). The van der Waals surface area contributed by atoms with Gasteiger partial charge in [-0.25, -0.2) is 0 Å². The highest BCUT2D eigenvalue weighted by Gasteiger charge is 2.39. The molecule has 0 radical (unpaired) electrons. The number of carbonyl (C=O) groups excluding carboxylic acids is 1. The van der Waals surface area contributed by atoms with E-state index in [-0.39, 0.29) is 44.2 Å². The highest BCUT2D eigenvalue weighted by Crippen LogP contribution is 2.43. The second kappa shape index (κ2) is 9.45. The first-order valence-electron chi connectivity index (χ1n) is 9.49. The van der Waals surface area contributed by atoms with E-state index in [0.29, 0.717) is 5.02 Å². The van der Waals surface area contributed by atoms with Crippen LogP contribution in [0.4, 0.5) is 30.2 Å². The lowest BCUT2D eigenvalue weighted by molar-refractivity contribution is -0.393. The molecule has 13 heteroatoms. The van der Waals surface area contributed by atoms with Crippen molar-refractivity contribution in [3.05, 3.63) is 78.9 Å². The lowest BCUT2D eigenvalue weighted by Gasteiger charge is -2.35. The molecule has 1 aliphatic rings. The van der Waals surface area contributed by atoms with E-state index in [0.717, 1.165) is 5.56 Å². The molecule has 0 aromatic heterocycles. The maximum Gasteiger partial charge on any atom is 0.416 e. The van der Waals surface area contributed by atoms with E-state index >= 15 is 0 Å². The van der Waals surface area contributed by atoms with Crippen LogP contribution in [0, 0.1) is 20.2 Å². The van der Waals surface area contributed by atoms with Gasteiger partial charge in [0.25, 0.3) is 11.4 Å². The molecule has 0 saturated carbocycles. The van der Waals surface area contributed by atoms with Crippen LogP contribution in [0.3, 0.4) is 0 Å². The van der Waals surface area contributed by atoms with Gasteiger partial charge in [0.15, 0.2) is 5.69 Å². The van der Waals surface area contributed by atoms with E-state index in [1.54, 1.807) is 30.3 Å². The minimum Gasteiger partial charge on any atom is -0.357 e. The first kappa shape index (κ1) is 24.0. The lowest BCUT2D eigenvalue weighted by atomic mass is 10.1. The smallest absolute Gasteiger partial charge is 0.357 e. The van der Waals surface area contributed by atoms with Gasteiger partial charge in [-0.1, -0.05) is 23.7 Å². The summed E-state index contributed by atoms with van der Waals surface area (Å²) in [6.45, 7) is 0.0688. The Bertz CT molecular complexity index is 1080. The molecule has 0 unspecified atom stereocenters. The van der Waals surface area contributed by atoms with Crippen molar-refractivity contribution >= 4 is 40.6 Å². The Morgan fingerprint density at radius 2 is 1.48 bits per heavy atom. The maximum absolute atomic E-state index is 13.1.